The lowest BCUT2D eigenvalue weighted by molar-refractivity contribution is -0.148. The molecule has 4 fully saturated rings. The number of rotatable bonds is 8. The molecule has 0 aromatic carbocycles. The van der Waals surface area contributed by atoms with Gasteiger partial charge in [0, 0.05) is 11.2 Å². The number of aromatic nitrogens is 2. The highest BCUT2D eigenvalue weighted by atomic mass is 32.2. The lowest BCUT2D eigenvalue weighted by Crippen LogP contribution is -2.57. The van der Waals surface area contributed by atoms with E-state index in [9.17, 15) is 9.59 Å². The van der Waals surface area contributed by atoms with Crippen molar-refractivity contribution in [1.82, 2.24) is 15.5 Å². The summed E-state index contributed by atoms with van der Waals surface area (Å²) < 4.78 is 0.791. The maximum Gasteiger partial charge on any atom is 0.249 e. The quantitative estimate of drug-likeness (QED) is 0.365. The molecule has 6 nitrogen and oxygen atoms in total. The van der Waals surface area contributed by atoms with Crippen LogP contribution in [0.5, 0.6) is 0 Å². The Bertz CT molecular complexity index is 756. The average Bonchev–Trinajstić information content (AvgIpc) is 3.09. The van der Waals surface area contributed by atoms with Crippen LogP contribution in [0.4, 0.5) is 5.13 Å². The Hall–Kier alpha value is -1.41. The van der Waals surface area contributed by atoms with Crippen molar-refractivity contribution in [3.63, 3.8) is 0 Å². The van der Waals surface area contributed by atoms with E-state index < -0.39 is 6.04 Å². The Kier molecular flexibility index (Phi) is 6.02. The highest BCUT2D eigenvalue weighted by molar-refractivity contribution is 8.01. The van der Waals surface area contributed by atoms with E-state index in [1.54, 1.807) is 6.08 Å². The van der Waals surface area contributed by atoms with Crippen LogP contribution < -0.4 is 10.6 Å². The fourth-order valence-electron chi connectivity index (χ4n) is 5.85. The molecule has 1 aromatic heterocycles. The first kappa shape index (κ1) is 20.8. The van der Waals surface area contributed by atoms with Crippen molar-refractivity contribution >= 4 is 40.0 Å². The summed E-state index contributed by atoms with van der Waals surface area (Å²) in [5.41, 5.74) is -0.251. The first-order valence-corrected chi connectivity index (χ1v) is 12.4. The normalized spacial score (nSPS) is 30.9. The van der Waals surface area contributed by atoms with Crippen LogP contribution in [0.2, 0.25) is 0 Å². The molecule has 5 rings (SSSR count). The SMILES string of the molecule is C=CCSc1nnc(NC(=O)C(NC(=O)C23CC4CC(CC(C4)C2)C3)C(C)C)s1. The van der Waals surface area contributed by atoms with Gasteiger partial charge in [0.15, 0.2) is 4.34 Å². The molecule has 0 spiro atoms. The molecule has 2 N–H and O–H groups in total. The second-order valence-electron chi connectivity index (χ2n) is 9.36. The first-order chi connectivity index (χ1) is 13.9. The Balaban J connectivity index is 1.41. The molecule has 1 aromatic rings. The highest BCUT2D eigenvalue weighted by Crippen LogP contribution is 2.60. The number of carbonyl (C=O) groups excluding carboxylic acids is 2. The molecule has 2 amide bonds. The van der Waals surface area contributed by atoms with Crippen molar-refractivity contribution in [1.29, 1.82) is 0 Å². The summed E-state index contributed by atoms with van der Waals surface area (Å²) in [6, 6.07) is -0.566. The summed E-state index contributed by atoms with van der Waals surface area (Å²) >= 11 is 2.88. The Labute approximate surface area is 180 Å². The highest BCUT2D eigenvalue weighted by Gasteiger charge is 2.55. The Morgan fingerprint density at radius 2 is 1.83 bits per heavy atom. The molecule has 8 heteroatoms. The predicted molar refractivity (Wildman–Crippen MR) is 117 cm³/mol. The van der Waals surface area contributed by atoms with Crippen LogP contribution in [-0.4, -0.2) is 33.8 Å². The topological polar surface area (TPSA) is 84.0 Å². The molecule has 1 heterocycles. The van der Waals surface area contributed by atoms with E-state index in [0.29, 0.717) is 22.9 Å². The molecular weight excluding hydrogens is 404 g/mol. The zero-order valence-corrected chi connectivity index (χ0v) is 18.8. The predicted octanol–water partition coefficient (Wildman–Crippen LogP) is 4.11. The summed E-state index contributed by atoms with van der Waals surface area (Å²) in [4.78, 5) is 26.3. The van der Waals surface area contributed by atoms with Crippen molar-refractivity contribution in [3.8, 4) is 0 Å². The van der Waals surface area contributed by atoms with Crippen LogP contribution in [0.15, 0.2) is 17.0 Å². The number of carbonyl (C=O) groups is 2. The Morgan fingerprint density at radius 3 is 2.38 bits per heavy atom. The minimum absolute atomic E-state index is 0.00426. The van der Waals surface area contributed by atoms with Crippen molar-refractivity contribution < 1.29 is 9.59 Å². The minimum Gasteiger partial charge on any atom is -0.344 e. The standard InChI is InChI=1S/C21H30N4O2S2/c1-4-5-28-20-25-24-19(29-20)23-17(26)16(12(2)3)22-18(27)21-9-13-6-14(10-21)8-15(7-13)11-21/h4,12-16H,1,5-11H2,2-3H3,(H,22,27)(H,23,24,26). The molecule has 1 atom stereocenters. The van der Waals surface area contributed by atoms with Crippen molar-refractivity contribution in [2.24, 2.45) is 29.1 Å². The van der Waals surface area contributed by atoms with Crippen molar-refractivity contribution in [3.05, 3.63) is 12.7 Å². The number of hydrogen-bond donors (Lipinski definition) is 2. The van der Waals surface area contributed by atoms with Crippen LogP contribution in [0.1, 0.15) is 52.4 Å². The molecule has 29 heavy (non-hydrogen) atoms. The number of thioether (sulfide) groups is 1. The molecule has 4 aliphatic carbocycles. The Morgan fingerprint density at radius 1 is 1.21 bits per heavy atom. The molecule has 0 aliphatic heterocycles. The fraction of sp³-hybridized carbons (Fsp3) is 0.714. The maximum absolute atomic E-state index is 13.4. The van der Waals surface area contributed by atoms with E-state index in [1.807, 2.05) is 13.8 Å². The first-order valence-electron chi connectivity index (χ1n) is 10.6. The summed E-state index contributed by atoms with van der Waals surface area (Å²) in [7, 11) is 0. The van der Waals surface area contributed by atoms with Gasteiger partial charge in [0.05, 0.1) is 0 Å². The summed E-state index contributed by atoms with van der Waals surface area (Å²) in [6.07, 6.45) is 8.68. The molecule has 0 saturated heterocycles. The smallest absolute Gasteiger partial charge is 0.249 e. The molecule has 4 saturated carbocycles. The van der Waals surface area contributed by atoms with Crippen LogP contribution in [0.25, 0.3) is 0 Å². The molecule has 158 valence electrons. The van der Waals surface area contributed by atoms with E-state index in [0.717, 1.165) is 29.4 Å². The molecular formula is C21H30N4O2S2. The van der Waals surface area contributed by atoms with E-state index >= 15 is 0 Å². The van der Waals surface area contributed by atoms with Crippen LogP contribution >= 0.6 is 23.1 Å². The molecule has 4 bridgehead atoms. The van der Waals surface area contributed by atoms with Crippen LogP contribution in [-0.2, 0) is 9.59 Å². The molecule has 0 radical (unpaired) electrons. The summed E-state index contributed by atoms with van der Waals surface area (Å²) in [6.45, 7) is 7.63. The largest absolute Gasteiger partial charge is 0.344 e. The van der Waals surface area contributed by atoms with E-state index in [-0.39, 0.29) is 23.1 Å². The van der Waals surface area contributed by atoms with Gasteiger partial charge in [-0.05, 0) is 62.2 Å². The van der Waals surface area contributed by atoms with E-state index in [1.165, 1.54) is 42.4 Å². The third-order valence-corrected chi connectivity index (χ3v) is 8.68. The van der Waals surface area contributed by atoms with Gasteiger partial charge in [-0.2, -0.15) is 0 Å². The summed E-state index contributed by atoms with van der Waals surface area (Å²) in [5.74, 6) is 2.72. The fourth-order valence-corrected chi connectivity index (χ4v) is 7.37. The van der Waals surface area contributed by atoms with Gasteiger partial charge in [0.1, 0.15) is 6.04 Å². The minimum atomic E-state index is -0.566. The maximum atomic E-state index is 13.4. The van der Waals surface area contributed by atoms with Gasteiger partial charge in [-0.25, -0.2) is 0 Å². The number of anilines is 1. The number of hydrogen-bond acceptors (Lipinski definition) is 6. The van der Waals surface area contributed by atoms with Gasteiger partial charge in [-0.15, -0.1) is 16.8 Å². The van der Waals surface area contributed by atoms with E-state index in [2.05, 4.69) is 27.4 Å². The second kappa shape index (κ2) is 8.38. The van der Waals surface area contributed by atoms with Gasteiger partial charge in [0.25, 0.3) is 0 Å². The monoisotopic (exact) mass is 434 g/mol. The van der Waals surface area contributed by atoms with Gasteiger partial charge >= 0.3 is 0 Å². The van der Waals surface area contributed by atoms with E-state index in [4.69, 9.17) is 0 Å². The third kappa shape index (κ3) is 4.38. The van der Waals surface area contributed by atoms with Gasteiger partial charge in [-0.1, -0.05) is 43.0 Å². The average molecular weight is 435 g/mol. The zero-order valence-electron chi connectivity index (χ0n) is 17.1. The van der Waals surface area contributed by atoms with Crippen LogP contribution in [0.3, 0.4) is 0 Å². The van der Waals surface area contributed by atoms with Crippen molar-refractivity contribution in [2.45, 2.75) is 62.8 Å². The molecule has 1 unspecified atom stereocenters. The molecule has 4 aliphatic rings. The third-order valence-electron chi connectivity index (χ3n) is 6.72. The second-order valence-corrected chi connectivity index (χ2v) is 11.6. The number of amides is 2. The van der Waals surface area contributed by atoms with Crippen molar-refractivity contribution in [2.75, 3.05) is 11.1 Å². The van der Waals surface area contributed by atoms with Gasteiger partial charge < -0.3 is 5.32 Å². The lowest BCUT2D eigenvalue weighted by atomic mass is 9.49. The zero-order chi connectivity index (χ0) is 20.6. The van der Waals surface area contributed by atoms with Gasteiger partial charge in [0.2, 0.25) is 16.9 Å². The number of nitrogens with zero attached hydrogens (tertiary/aromatic N) is 2. The lowest BCUT2D eigenvalue weighted by Gasteiger charge is -2.55. The summed E-state index contributed by atoms with van der Waals surface area (Å²) in [5, 5.41) is 14.6. The van der Waals surface area contributed by atoms with Crippen LogP contribution in [0, 0.1) is 29.1 Å². The number of nitrogens with one attached hydrogen (secondary N) is 2. The van der Waals surface area contributed by atoms with Gasteiger partial charge in [-0.3, -0.25) is 14.9 Å².